The molecular weight excluding hydrogens is 394 g/mol. The summed E-state index contributed by atoms with van der Waals surface area (Å²) in [5.41, 5.74) is 3.36. The summed E-state index contributed by atoms with van der Waals surface area (Å²) in [7, 11) is 2.09. The van der Waals surface area contributed by atoms with Crippen LogP contribution in [0.25, 0.3) is 11.4 Å². The molecule has 0 radical (unpaired) electrons. The minimum atomic E-state index is 0.0321. The van der Waals surface area contributed by atoms with Gasteiger partial charge in [-0.05, 0) is 50.2 Å². The number of carbonyl (C=O) groups is 1. The molecule has 0 aliphatic heterocycles. The summed E-state index contributed by atoms with van der Waals surface area (Å²) in [6.07, 6.45) is 2.34. The second-order valence-corrected chi connectivity index (χ2v) is 7.82. The molecule has 7 heteroatoms. The van der Waals surface area contributed by atoms with Crippen molar-refractivity contribution in [3.8, 4) is 11.4 Å². The van der Waals surface area contributed by atoms with Gasteiger partial charge in [0.15, 0.2) is 10.6 Å². The van der Waals surface area contributed by atoms with Crippen LogP contribution < -0.4 is 10.2 Å². The minimum Gasteiger partial charge on any atom is -0.375 e. The highest BCUT2D eigenvalue weighted by Gasteiger charge is 2.11. The summed E-state index contributed by atoms with van der Waals surface area (Å²) in [4.78, 5) is 14.5. The van der Waals surface area contributed by atoms with Gasteiger partial charge in [0.1, 0.15) is 0 Å². The molecule has 2 N–H and O–H groups in total. The van der Waals surface area contributed by atoms with Gasteiger partial charge in [0.05, 0.1) is 0 Å². The van der Waals surface area contributed by atoms with Gasteiger partial charge in [-0.25, -0.2) is 0 Å². The molecule has 0 unspecified atom stereocenters. The number of carbonyl (C=O) groups excluding carboxylic acids is 1. The van der Waals surface area contributed by atoms with E-state index in [0.717, 1.165) is 36.3 Å². The molecule has 30 heavy (non-hydrogen) atoms. The van der Waals surface area contributed by atoms with E-state index in [2.05, 4.69) is 45.7 Å². The van der Waals surface area contributed by atoms with Crippen LogP contribution in [0.5, 0.6) is 0 Å². The molecule has 1 heterocycles. The lowest BCUT2D eigenvalue weighted by atomic mass is 10.1. The van der Waals surface area contributed by atoms with Crippen molar-refractivity contribution in [2.75, 3.05) is 25.0 Å². The molecule has 0 saturated heterocycles. The zero-order valence-electron chi connectivity index (χ0n) is 17.6. The van der Waals surface area contributed by atoms with Gasteiger partial charge in [-0.2, -0.15) is 5.10 Å². The summed E-state index contributed by atoms with van der Waals surface area (Å²) < 4.78 is 2.42. The van der Waals surface area contributed by atoms with Gasteiger partial charge in [-0.15, -0.1) is 0 Å². The number of unbranched alkanes of at least 4 members (excludes halogenated alkanes) is 1. The number of nitrogens with one attached hydrogen (secondary N) is 2. The maximum Gasteiger partial charge on any atom is 0.221 e. The van der Waals surface area contributed by atoms with Crippen molar-refractivity contribution in [2.45, 2.75) is 32.7 Å². The van der Waals surface area contributed by atoms with Crippen LogP contribution in [0, 0.1) is 11.7 Å². The number of aromatic amines is 1. The van der Waals surface area contributed by atoms with Gasteiger partial charge in [-0.1, -0.05) is 42.0 Å². The average molecular weight is 424 g/mol. The second kappa shape index (κ2) is 10.7. The molecule has 1 aromatic heterocycles. The Bertz CT molecular complexity index is 1010. The zero-order chi connectivity index (χ0) is 21.3. The molecule has 0 spiro atoms. The predicted molar refractivity (Wildman–Crippen MR) is 124 cm³/mol. The molecule has 6 nitrogen and oxygen atoms in total. The zero-order valence-corrected chi connectivity index (χ0v) is 18.4. The number of benzene rings is 2. The smallest absolute Gasteiger partial charge is 0.221 e. The lowest BCUT2D eigenvalue weighted by Gasteiger charge is -2.19. The number of rotatable bonds is 10. The van der Waals surface area contributed by atoms with Crippen LogP contribution in [0.1, 0.15) is 24.8 Å². The van der Waals surface area contributed by atoms with Gasteiger partial charge >= 0.3 is 0 Å². The topological polar surface area (TPSA) is 66.0 Å². The van der Waals surface area contributed by atoms with E-state index in [0.29, 0.717) is 24.3 Å². The fourth-order valence-corrected chi connectivity index (χ4v) is 3.57. The van der Waals surface area contributed by atoms with Gasteiger partial charge < -0.3 is 10.2 Å². The third-order valence-corrected chi connectivity index (χ3v) is 5.35. The minimum absolute atomic E-state index is 0.0321. The van der Waals surface area contributed by atoms with Crippen LogP contribution in [-0.4, -0.2) is 40.8 Å². The Morgan fingerprint density at radius 3 is 2.73 bits per heavy atom. The summed E-state index contributed by atoms with van der Waals surface area (Å²) in [5, 5.41) is 10.2. The first kappa shape index (κ1) is 21.8. The monoisotopic (exact) mass is 423 g/mol. The van der Waals surface area contributed by atoms with E-state index < -0.39 is 0 Å². The molecule has 1 amide bonds. The number of aromatic nitrogens is 3. The van der Waals surface area contributed by atoms with Crippen molar-refractivity contribution in [3.63, 3.8) is 0 Å². The number of para-hydroxylation sites is 1. The number of hydrogen-bond donors (Lipinski definition) is 2. The first-order chi connectivity index (χ1) is 14.5. The molecule has 3 aromatic rings. The average Bonchev–Trinajstić information content (AvgIpc) is 3.13. The molecular formula is C23H29N5OS. The Morgan fingerprint density at radius 2 is 1.97 bits per heavy atom. The molecule has 0 aliphatic rings. The predicted octanol–water partition coefficient (Wildman–Crippen LogP) is 4.34. The van der Waals surface area contributed by atoms with E-state index in [9.17, 15) is 4.79 Å². The Balaban J connectivity index is 1.41. The van der Waals surface area contributed by atoms with E-state index in [1.165, 1.54) is 5.69 Å². The largest absolute Gasteiger partial charge is 0.375 e. The van der Waals surface area contributed by atoms with Crippen LogP contribution >= 0.6 is 12.2 Å². The molecule has 0 fully saturated rings. The molecule has 2 aromatic carbocycles. The van der Waals surface area contributed by atoms with E-state index in [4.69, 9.17) is 12.2 Å². The number of nitrogens with zero attached hydrogens (tertiary/aromatic N) is 3. The Labute approximate surface area is 182 Å². The third-order valence-electron chi connectivity index (χ3n) is 5.04. The van der Waals surface area contributed by atoms with Crippen molar-refractivity contribution in [2.24, 2.45) is 0 Å². The summed E-state index contributed by atoms with van der Waals surface area (Å²) in [6.45, 7) is 4.19. The Hall–Kier alpha value is -2.93. The normalized spacial score (nSPS) is 10.7. The molecule has 0 atom stereocenters. The van der Waals surface area contributed by atoms with Crippen molar-refractivity contribution in [3.05, 3.63) is 64.9 Å². The lowest BCUT2D eigenvalue weighted by molar-refractivity contribution is -0.121. The van der Waals surface area contributed by atoms with E-state index in [1.54, 1.807) is 0 Å². The first-order valence-electron chi connectivity index (χ1n) is 10.3. The highest BCUT2D eigenvalue weighted by molar-refractivity contribution is 7.71. The highest BCUT2D eigenvalue weighted by atomic mass is 32.1. The van der Waals surface area contributed by atoms with Crippen molar-refractivity contribution >= 4 is 23.8 Å². The van der Waals surface area contributed by atoms with Crippen molar-refractivity contribution < 1.29 is 4.79 Å². The van der Waals surface area contributed by atoms with Gasteiger partial charge in [0.25, 0.3) is 0 Å². The third kappa shape index (κ3) is 6.03. The van der Waals surface area contributed by atoms with Crippen LogP contribution in [0.2, 0.25) is 0 Å². The molecule has 0 aliphatic carbocycles. The van der Waals surface area contributed by atoms with E-state index in [-0.39, 0.29) is 5.91 Å². The number of anilines is 1. The van der Waals surface area contributed by atoms with Crippen LogP contribution in [0.4, 0.5) is 5.69 Å². The maximum absolute atomic E-state index is 12.3. The maximum atomic E-state index is 12.3. The second-order valence-electron chi connectivity index (χ2n) is 7.44. The van der Waals surface area contributed by atoms with Gasteiger partial charge in [0, 0.05) is 44.4 Å². The first-order valence-corrected chi connectivity index (χ1v) is 10.7. The summed E-state index contributed by atoms with van der Waals surface area (Å²) in [5.74, 6) is 0.796. The fourth-order valence-electron chi connectivity index (χ4n) is 3.34. The van der Waals surface area contributed by atoms with Crippen LogP contribution in [0.15, 0.2) is 54.6 Å². The van der Waals surface area contributed by atoms with Gasteiger partial charge in [0.2, 0.25) is 5.91 Å². The van der Waals surface area contributed by atoms with E-state index >= 15 is 0 Å². The molecule has 3 rings (SSSR count). The highest BCUT2D eigenvalue weighted by Crippen LogP contribution is 2.18. The molecule has 0 saturated carbocycles. The molecule has 0 bridgehead atoms. The summed E-state index contributed by atoms with van der Waals surface area (Å²) >= 11 is 5.35. The number of amides is 1. The SMILES string of the molecule is Cc1cccc(-c2n[nH]c(=S)n2CCC(=O)NCCCCN(C)c2ccccc2)c1. The van der Waals surface area contributed by atoms with Crippen LogP contribution in [0.3, 0.4) is 0 Å². The quantitative estimate of drug-likeness (QED) is 0.376. The van der Waals surface area contributed by atoms with E-state index in [1.807, 2.05) is 47.9 Å². The number of hydrogen-bond acceptors (Lipinski definition) is 4. The van der Waals surface area contributed by atoms with Gasteiger partial charge in [-0.3, -0.25) is 14.5 Å². The summed E-state index contributed by atoms with van der Waals surface area (Å²) in [6, 6.07) is 18.4. The lowest BCUT2D eigenvalue weighted by Crippen LogP contribution is -2.26. The number of aryl methyl sites for hydroxylation is 1. The number of H-pyrrole nitrogens is 1. The Morgan fingerprint density at radius 1 is 1.17 bits per heavy atom. The standard InChI is InChI=1S/C23H29N5OS/c1-18-9-8-10-19(17-18)22-25-26-23(30)28(22)16-13-21(29)24-14-6-7-15-27(2)20-11-4-3-5-12-20/h3-5,8-12,17H,6-7,13-16H2,1-2H3,(H,24,29)(H,26,30). The van der Waals surface area contributed by atoms with Crippen molar-refractivity contribution in [1.82, 2.24) is 20.1 Å². The Kier molecular flexibility index (Phi) is 7.79. The fraction of sp³-hybridized carbons (Fsp3) is 0.348. The molecule has 158 valence electrons. The van der Waals surface area contributed by atoms with Crippen LogP contribution in [-0.2, 0) is 11.3 Å². The van der Waals surface area contributed by atoms with Crippen molar-refractivity contribution in [1.29, 1.82) is 0 Å².